The molecule has 3 rings (SSSR count). The van der Waals surface area contributed by atoms with E-state index in [4.69, 9.17) is 14.3 Å². The standard InChI is InChI=1S/C21H21NO4/c1-25-19-10-6-5-9-17(19)14-22(13-16-7-3-2-4-8-16)15-18-11-12-20(26-18)21(23)24/h2-12H,13-15H2,1H3,(H,23,24). The van der Waals surface area contributed by atoms with Crippen LogP contribution >= 0.6 is 0 Å². The van der Waals surface area contributed by atoms with Gasteiger partial charge >= 0.3 is 5.97 Å². The van der Waals surface area contributed by atoms with Crippen LogP contribution in [0.4, 0.5) is 0 Å². The van der Waals surface area contributed by atoms with Gasteiger partial charge in [0.2, 0.25) is 5.76 Å². The van der Waals surface area contributed by atoms with Gasteiger partial charge in [0, 0.05) is 18.7 Å². The summed E-state index contributed by atoms with van der Waals surface area (Å²) in [6.07, 6.45) is 0. The molecule has 0 aliphatic heterocycles. The molecule has 1 aromatic heterocycles. The van der Waals surface area contributed by atoms with Crippen LogP contribution in [0.3, 0.4) is 0 Å². The second kappa shape index (κ2) is 8.36. The Hall–Kier alpha value is -3.05. The number of methoxy groups -OCH3 is 1. The summed E-state index contributed by atoms with van der Waals surface area (Å²) in [4.78, 5) is 13.2. The molecule has 5 nitrogen and oxygen atoms in total. The first kappa shape index (κ1) is 17.8. The summed E-state index contributed by atoms with van der Waals surface area (Å²) in [5, 5.41) is 9.05. The molecule has 1 heterocycles. The smallest absolute Gasteiger partial charge is 0.371 e. The van der Waals surface area contributed by atoms with Crippen molar-refractivity contribution in [1.29, 1.82) is 0 Å². The average Bonchev–Trinajstić information content (AvgIpc) is 3.12. The first-order chi connectivity index (χ1) is 12.7. The summed E-state index contributed by atoms with van der Waals surface area (Å²) in [5.74, 6) is 0.344. The van der Waals surface area contributed by atoms with Crippen LogP contribution in [0.2, 0.25) is 0 Å². The Balaban J connectivity index is 1.81. The fourth-order valence-electron chi connectivity index (χ4n) is 2.88. The third kappa shape index (κ3) is 4.52. The van der Waals surface area contributed by atoms with Gasteiger partial charge in [-0.3, -0.25) is 4.90 Å². The van der Waals surface area contributed by atoms with Gasteiger partial charge in [-0.05, 0) is 23.8 Å². The molecule has 2 aromatic carbocycles. The summed E-state index contributed by atoms with van der Waals surface area (Å²) >= 11 is 0. The van der Waals surface area contributed by atoms with E-state index in [1.54, 1.807) is 13.2 Å². The van der Waals surface area contributed by atoms with Crippen LogP contribution in [0.15, 0.2) is 71.1 Å². The predicted octanol–water partition coefficient (Wildman–Crippen LogP) is 4.19. The van der Waals surface area contributed by atoms with Gasteiger partial charge in [0.25, 0.3) is 0 Å². The average molecular weight is 351 g/mol. The number of rotatable bonds is 8. The Labute approximate surface area is 152 Å². The number of benzene rings is 2. The van der Waals surface area contributed by atoms with Crippen LogP contribution in [-0.2, 0) is 19.6 Å². The molecular formula is C21H21NO4. The monoisotopic (exact) mass is 351 g/mol. The molecule has 0 radical (unpaired) electrons. The van der Waals surface area contributed by atoms with Gasteiger partial charge in [0.1, 0.15) is 11.5 Å². The number of carboxylic acids is 1. The third-order valence-corrected chi connectivity index (χ3v) is 4.09. The predicted molar refractivity (Wildman–Crippen MR) is 98.1 cm³/mol. The minimum Gasteiger partial charge on any atom is -0.496 e. The highest BCUT2D eigenvalue weighted by Crippen LogP contribution is 2.22. The number of hydrogen-bond donors (Lipinski definition) is 1. The Morgan fingerprint density at radius 3 is 2.38 bits per heavy atom. The fraction of sp³-hybridized carbons (Fsp3) is 0.190. The van der Waals surface area contributed by atoms with Crippen molar-refractivity contribution in [1.82, 2.24) is 4.90 Å². The van der Waals surface area contributed by atoms with E-state index in [0.717, 1.165) is 11.3 Å². The van der Waals surface area contributed by atoms with Gasteiger partial charge in [-0.25, -0.2) is 4.79 Å². The van der Waals surface area contributed by atoms with Crippen molar-refractivity contribution in [3.05, 3.63) is 89.4 Å². The first-order valence-electron chi connectivity index (χ1n) is 8.36. The summed E-state index contributed by atoms with van der Waals surface area (Å²) in [5.41, 5.74) is 2.24. The van der Waals surface area contributed by atoms with Gasteiger partial charge in [0.05, 0.1) is 13.7 Å². The van der Waals surface area contributed by atoms with E-state index in [1.807, 2.05) is 42.5 Å². The third-order valence-electron chi connectivity index (χ3n) is 4.09. The summed E-state index contributed by atoms with van der Waals surface area (Å²) in [6, 6.07) is 21.2. The number of hydrogen-bond acceptors (Lipinski definition) is 4. The van der Waals surface area contributed by atoms with Crippen molar-refractivity contribution in [2.24, 2.45) is 0 Å². The van der Waals surface area contributed by atoms with Crippen LogP contribution in [0, 0.1) is 0 Å². The van der Waals surface area contributed by atoms with Crippen LogP contribution in [0.25, 0.3) is 0 Å². The summed E-state index contributed by atoms with van der Waals surface area (Å²) < 4.78 is 10.9. The fourth-order valence-corrected chi connectivity index (χ4v) is 2.88. The lowest BCUT2D eigenvalue weighted by Gasteiger charge is -2.22. The lowest BCUT2D eigenvalue weighted by Crippen LogP contribution is -2.22. The molecule has 0 aliphatic rings. The molecular weight excluding hydrogens is 330 g/mol. The molecule has 1 N–H and O–H groups in total. The number of para-hydroxylation sites is 1. The minimum atomic E-state index is -1.06. The van der Waals surface area contributed by atoms with Crippen LogP contribution < -0.4 is 4.74 Å². The highest BCUT2D eigenvalue weighted by atomic mass is 16.5. The molecule has 134 valence electrons. The van der Waals surface area contributed by atoms with Gasteiger partial charge < -0.3 is 14.3 Å². The number of aromatic carboxylic acids is 1. The molecule has 26 heavy (non-hydrogen) atoms. The van der Waals surface area contributed by atoms with Crippen molar-refractivity contribution in [2.45, 2.75) is 19.6 Å². The topological polar surface area (TPSA) is 62.9 Å². The Kier molecular flexibility index (Phi) is 5.71. The molecule has 0 saturated carbocycles. The normalized spacial score (nSPS) is 10.8. The van der Waals surface area contributed by atoms with Crippen molar-refractivity contribution < 1.29 is 19.1 Å². The van der Waals surface area contributed by atoms with Crippen molar-refractivity contribution in [3.63, 3.8) is 0 Å². The first-order valence-corrected chi connectivity index (χ1v) is 8.36. The largest absolute Gasteiger partial charge is 0.496 e. The highest BCUT2D eigenvalue weighted by molar-refractivity contribution is 5.84. The van der Waals surface area contributed by atoms with E-state index in [2.05, 4.69) is 17.0 Å². The minimum absolute atomic E-state index is 0.0445. The van der Waals surface area contributed by atoms with Gasteiger partial charge in [-0.2, -0.15) is 0 Å². The number of carbonyl (C=O) groups is 1. The summed E-state index contributed by atoms with van der Waals surface area (Å²) in [7, 11) is 1.66. The van der Waals surface area contributed by atoms with Gasteiger partial charge in [0.15, 0.2) is 0 Å². The zero-order valence-corrected chi connectivity index (χ0v) is 14.6. The maximum atomic E-state index is 11.0. The van der Waals surface area contributed by atoms with E-state index in [0.29, 0.717) is 25.4 Å². The Morgan fingerprint density at radius 1 is 0.962 bits per heavy atom. The zero-order chi connectivity index (χ0) is 18.4. The van der Waals surface area contributed by atoms with Crippen LogP contribution in [-0.4, -0.2) is 23.1 Å². The second-order valence-corrected chi connectivity index (χ2v) is 6.01. The van der Waals surface area contributed by atoms with E-state index < -0.39 is 5.97 Å². The molecule has 0 unspecified atom stereocenters. The molecule has 0 aliphatic carbocycles. The molecule has 5 heteroatoms. The molecule has 0 fully saturated rings. The van der Waals surface area contributed by atoms with E-state index in [-0.39, 0.29) is 5.76 Å². The van der Waals surface area contributed by atoms with E-state index in [9.17, 15) is 4.79 Å². The number of furan rings is 1. The zero-order valence-electron chi connectivity index (χ0n) is 14.6. The lowest BCUT2D eigenvalue weighted by atomic mass is 10.1. The van der Waals surface area contributed by atoms with Crippen molar-refractivity contribution in [2.75, 3.05) is 7.11 Å². The Morgan fingerprint density at radius 2 is 1.69 bits per heavy atom. The quantitative estimate of drug-likeness (QED) is 0.659. The van der Waals surface area contributed by atoms with Crippen molar-refractivity contribution >= 4 is 5.97 Å². The highest BCUT2D eigenvalue weighted by Gasteiger charge is 2.15. The SMILES string of the molecule is COc1ccccc1CN(Cc1ccccc1)Cc1ccc(C(=O)O)o1. The molecule has 3 aromatic rings. The maximum Gasteiger partial charge on any atom is 0.371 e. The molecule has 0 bridgehead atoms. The summed E-state index contributed by atoms with van der Waals surface area (Å²) in [6.45, 7) is 1.87. The van der Waals surface area contributed by atoms with E-state index >= 15 is 0 Å². The van der Waals surface area contributed by atoms with E-state index in [1.165, 1.54) is 11.6 Å². The molecule has 0 saturated heterocycles. The Bertz CT molecular complexity index is 857. The molecule has 0 spiro atoms. The molecule has 0 amide bonds. The van der Waals surface area contributed by atoms with Gasteiger partial charge in [-0.1, -0.05) is 48.5 Å². The number of carboxylic acid groups (broad SMARTS) is 1. The van der Waals surface area contributed by atoms with Crippen molar-refractivity contribution in [3.8, 4) is 5.75 Å². The number of ether oxygens (including phenoxy) is 1. The maximum absolute atomic E-state index is 11.0. The lowest BCUT2D eigenvalue weighted by molar-refractivity contribution is 0.0658. The van der Waals surface area contributed by atoms with Gasteiger partial charge in [-0.15, -0.1) is 0 Å². The number of nitrogens with zero attached hydrogens (tertiary/aromatic N) is 1. The second-order valence-electron chi connectivity index (χ2n) is 6.01. The van der Waals surface area contributed by atoms with Crippen LogP contribution in [0.5, 0.6) is 5.75 Å². The molecule has 0 atom stereocenters. The van der Waals surface area contributed by atoms with Crippen LogP contribution in [0.1, 0.15) is 27.4 Å².